The molecule has 1 saturated carbocycles. The Morgan fingerprint density at radius 1 is 1.29 bits per heavy atom. The van der Waals surface area contributed by atoms with Crippen LogP contribution in [0.5, 0.6) is 5.75 Å². The first-order valence-corrected chi connectivity index (χ1v) is 12.2. The fourth-order valence-electron chi connectivity index (χ4n) is 4.45. The molecule has 1 aromatic heterocycles. The number of carbonyl (C=O) groups excluding carboxylic acids is 1. The first-order chi connectivity index (χ1) is 16.0. The van der Waals surface area contributed by atoms with E-state index in [0.29, 0.717) is 41.6 Å². The quantitative estimate of drug-likeness (QED) is 0.449. The highest BCUT2D eigenvalue weighted by molar-refractivity contribution is 6.36. The summed E-state index contributed by atoms with van der Waals surface area (Å²) in [6, 6.07) is 4.90. The Morgan fingerprint density at radius 3 is 2.56 bits per heavy atom. The van der Waals surface area contributed by atoms with E-state index in [9.17, 15) is 18.0 Å². The Balaban J connectivity index is 1.83. The fourth-order valence-corrected chi connectivity index (χ4v) is 4.78. The molecule has 1 unspecified atom stereocenters. The van der Waals surface area contributed by atoms with Crippen molar-refractivity contribution in [2.75, 3.05) is 13.7 Å². The molecular formula is C25H33ClF3N3O2. The van der Waals surface area contributed by atoms with Crippen molar-refractivity contribution in [3.8, 4) is 17.0 Å². The van der Waals surface area contributed by atoms with Crippen molar-refractivity contribution in [3.63, 3.8) is 0 Å². The number of alkyl halides is 3. The van der Waals surface area contributed by atoms with Gasteiger partial charge >= 0.3 is 6.18 Å². The number of nitrogens with one attached hydrogen (secondary N) is 1. The number of ether oxygens (including phenoxy) is 1. The van der Waals surface area contributed by atoms with Gasteiger partial charge < -0.3 is 10.1 Å². The van der Waals surface area contributed by atoms with Crippen LogP contribution in [0.25, 0.3) is 11.3 Å². The van der Waals surface area contributed by atoms with Crippen molar-refractivity contribution in [2.24, 2.45) is 17.8 Å². The Labute approximate surface area is 204 Å². The predicted octanol–water partition coefficient (Wildman–Crippen LogP) is 6.53. The van der Waals surface area contributed by atoms with Gasteiger partial charge in [0.1, 0.15) is 5.75 Å². The number of amides is 1. The van der Waals surface area contributed by atoms with Crippen LogP contribution in [-0.4, -0.2) is 35.5 Å². The third-order valence-corrected chi connectivity index (χ3v) is 7.08. The third-order valence-electron chi connectivity index (χ3n) is 6.72. The Kier molecular flexibility index (Phi) is 8.55. The molecule has 1 fully saturated rings. The number of rotatable bonds is 8. The van der Waals surface area contributed by atoms with Gasteiger partial charge in [0.05, 0.1) is 23.7 Å². The van der Waals surface area contributed by atoms with Crippen LogP contribution in [0.1, 0.15) is 62.5 Å². The van der Waals surface area contributed by atoms with E-state index in [1.807, 2.05) is 6.92 Å². The summed E-state index contributed by atoms with van der Waals surface area (Å²) in [6.07, 6.45) is 0.115. The van der Waals surface area contributed by atoms with Crippen LogP contribution in [0.4, 0.5) is 13.2 Å². The smallest absolute Gasteiger partial charge is 0.391 e. The highest BCUT2D eigenvalue weighted by Crippen LogP contribution is 2.38. The summed E-state index contributed by atoms with van der Waals surface area (Å²) in [5, 5.41) is 7.60. The van der Waals surface area contributed by atoms with E-state index in [-0.39, 0.29) is 23.0 Å². The molecule has 1 N–H and O–H groups in total. The molecule has 0 spiro atoms. The van der Waals surface area contributed by atoms with E-state index >= 15 is 0 Å². The highest BCUT2D eigenvalue weighted by Gasteiger charge is 2.36. The van der Waals surface area contributed by atoms with E-state index < -0.39 is 12.1 Å². The molecule has 0 saturated heterocycles. The number of hydrogen-bond donors (Lipinski definition) is 1. The molecule has 1 atom stereocenters. The lowest BCUT2D eigenvalue weighted by molar-refractivity contribution is -0.169. The summed E-state index contributed by atoms with van der Waals surface area (Å²) in [7, 11) is 1.45. The maximum Gasteiger partial charge on any atom is 0.391 e. The number of carbonyl (C=O) groups is 1. The Hall–Kier alpha value is -2.22. The summed E-state index contributed by atoms with van der Waals surface area (Å²) in [5.74, 6) is -0.227. The molecule has 0 radical (unpaired) electrons. The zero-order valence-electron chi connectivity index (χ0n) is 20.1. The third kappa shape index (κ3) is 6.06. The molecule has 34 heavy (non-hydrogen) atoms. The van der Waals surface area contributed by atoms with Gasteiger partial charge in [0.25, 0.3) is 5.91 Å². The van der Waals surface area contributed by atoms with Gasteiger partial charge in [-0.15, -0.1) is 0 Å². The zero-order valence-corrected chi connectivity index (χ0v) is 20.9. The van der Waals surface area contributed by atoms with E-state index in [0.717, 1.165) is 25.7 Å². The molecule has 0 aliphatic heterocycles. The van der Waals surface area contributed by atoms with Gasteiger partial charge in [-0.2, -0.15) is 18.3 Å². The number of benzene rings is 1. The van der Waals surface area contributed by atoms with Crippen molar-refractivity contribution in [1.29, 1.82) is 0 Å². The maximum atomic E-state index is 13.0. The van der Waals surface area contributed by atoms with Crippen LogP contribution in [-0.2, 0) is 13.0 Å². The van der Waals surface area contributed by atoms with Gasteiger partial charge in [-0.05, 0) is 55.7 Å². The number of halogens is 4. The second kappa shape index (κ2) is 11.0. The lowest BCUT2D eigenvalue weighted by Gasteiger charge is -2.26. The average Bonchev–Trinajstić information content (AvgIpc) is 3.13. The molecular weight excluding hydrogens is 467 g/mol. The molecule has 1 aliphatic carbocycles. The standard InChI is InChI=1S/C25H33ClF3N3O2/c1-5-32-23(19-11-10-18(13-20(19)34-4)12-16(3)25(27,28)29)21(26)22(31-32)24(33)30-14-17-8-6-15(2)7-9-17/h10-11,13,15-17H,5-9,12,14H2,1-4H3,(H,30,33). The monoisotopic (exact) mass is 499 g/mol. The number of nitrogens with zero attached hydrogens (tertiary/aromatic N) is 2. The van der Waals surface area contributed by atoms with Crippen LogP contribution in [0, 0.1) is 17.8 Å². The summed E-state index contributed by atoms with van der Waals surface area (Å²) in [6.45, 7) is 6.33. The normalized spacial score (nSPS) is 19.6. The van der Waals surface area contributed by atoms with Crippen LogP contribution in [0.15, 0.2) is 18.2 Å². The predicted molar refractivity (Wildman–Crippen MR) is 127 cm³/mol. The molecule has 2 aromatic rings. The van der Waals surface area contributed by atoms with E-state index in [2.05, 4.69) is 17.3 Å². The van der Waals surface area contributed by atoms with Crippen LogP contribution in [0.3, 0.4) is 0 Å². The number of aryl methyl sites for hydroxylation is 1. The molecule has 1 amide bonds. The van der Waals surface area contributed by atoms with Crippen molar-refractivity contribution < 1.29 is 22.7 Å². The number of hydrogen-bond acceptors (Lipinski definition) is 3. The fraction of sp³-hybridized carbons (Fsp3) is 0.600. The number of aromatic nitrogens is 2. The van der Waals surface area contributed by atoms with Crippen molar-refractivity contribution in [3.05, 3.63) is 34.5 Å². The van der Waals surface area contributed by atoms with Gasteiger partial charge in [-0.3, -0.25) is 9.48 Å². The van der Waals surface area contributed by atoms with Gasteiger partial charge in [0.15, 0.2) is 5.69 Å². The van der Waals surface area contributed by atoms with E-state index in [1.54, 1.807) is 22.9 Å². The molecule has 5 nitrogen and oxygen atoms in total. The lowest BCUT2D eigenvalue weighted by Crippen LogP contribution is -2.31. The second-order valence-corrected chi connectivity index (χ2v) is 9.72. The molecule has 1 aromatic carbocycles. The molecule has 9 heteroatoms. The van der Waals surface area contributed by atoms with E-state index in [4.69, 9.17) is 16.3 Å². The molecule has 3 rings (SSSR count). The first kappa shape index (κ1) is 26.4. The summed E-state index contributed by atoms with van der Waals surface area (Å²) < 4.78 is 46.1. The zero-order chi connectivity index (χ0) is 25.0. The Morgan fingerprint density at radius 2 is 1.97 bits per heavy atom. The van der Waals surface area contributed by atoms with Crippen LogP contribution < -0.4 is 10.1 Å². The topological polar surface area (TPSA) is 56.2 Å². The SMILES string of the molecule is CCn1nc(C(=O)NCC2CCC(C)CC2)c(Cl)c1-c1ccc(CC(C)C(F)(F)F)cc1OC. The minimum atomic E-state index is -4.27. The van der Waals surface area contributed by atoms with Crippen LogP contribution >= 0.6 is 11.6 Å². The molecule has 1 aliphatic rings. The Bertz CT molecular complexity index is 998. The summed E-state index contributed by atoms with van der Waals surface area (Å²) in [4.78, 5) is 12.9. The highest BCUT2D eigenvalue weighted by atomic mass is 35.5. The second-order valence-electron chi connectivity index (χ2n) is 9.34. The van der Waals surface area contributed by atoms with Gasteiger partial charge in [0.2, 0.25) is 0 Å². The van der Waals surface area contributed by atoms with Gasteiger partial charge in [-0.25, -0.2) is 0 Å². The molecule has 1 heterocycles. The minimum Gasteiger partial charge on any atom is -0.496 e. The first-order valence-electron chi connectivity index (χ1n) is 11.8. The van der Waals surface area contributed by atoms with Gasteiger partial charge in [0, 0.05) is 18.7 Å². The van der Waals surface area contributed by atoms with Crippen molar-refractivity contribution in [1.82, 2.24) is 15.1 Å². The summed E-state index contributed by atoms with van der Waals surface area (Å²) >= 11 is 6.64. The summed E-state index contributed by atoms with van der Waals surface area (Å²) in [5.41, 5.74) is 1.72. The van der Waals surface area contributed by atoms with E-state index in [1.165, 1.54) is 20.0 Å². The minimum absolute atomic E-state index is 0.138. The van der Waals surface area contributed by atoms with Crippen molar-refractivity contribution >= 4 is 17.5 Å². The average molecular weight is 500 g/mol. The van der Waals surface area contributed by atoms with Gasteiger partial charge in [-0.1, -0.05) is 44.4 Å². The largest absolute Gasteiger partial charge is 0.496 e. The maximum absolute atomic E-state index is 13.0. The van der Waals surface area contributed by atoms with Crippen molar-refractivity contribution in [2.45, 2.75) is 65.6 Å². The lowest BCUT2D eigenvalue weighted by atomic mass is 9.83. The molecule has 0 bridgehead atoms. The van der Waals surface area contributed by atoms with Crippen LogP contribution in [0.2, 0.25) is 5.02 Å². The molecule has 188 valence electrons. The number of methoxy groups -OCH3 is 1.